The van der Waals surface area contributed by atoms with Gasteiger partial charge in [-0.3, -0.25) is 9.59 Å². The minimum atomic E-state index is -0.618. The maximum atomic E-state index is 13.6. The van der Waals surface area contributed by atoms with Gasteiger partial charge in [0.2, 0.25) is 0 Å². The van der Waals surface area contributed by atoms with Crippen LogP contribution in [0.1, 0.15) is 64.1 Å². The second kappa shape index (κ2) is 10.4. The number of esters is 1. The standard InChI is InChI=1S/C32H36FN3O4S/c1-4-27(38)40-29-23(30(39)41-12-11-34)14-24-22-10-5-19-13-25-18(17-35-36(25)21-8-6-20(33)7-9-21)15-31(19,2)28(22)26(37)16-32(24,29)3/h6-9,13,17,22-24,26,28-29,37H,4-5,10,12,14-16H2,1-3H3/t22?,23?,24-,26-,28+,29+,31-,32-/m0/s1. The first-order valence-corrected chi connectivity index (χ1v) is 15.5. The zero-order valence-corrected chi connectivity index (χ0v) is 24.5. The summed E-state index contributed by atoms with van der Waals surface area (Å²) in [5.41, 5.74) is 3.40. The van der Waals surface area contributed by atoms with Crippen LogP contribution in [0.15, 0.2) is 36.0 Å². The number of hydrogen-bond acceptors (Lipinski definition) is 7. The van der Waals surface area contributed by atoms with Crippen molar-refractivity contribution in [2.24, 2.45) is 34.5 Å². The van der Waals surface area contributed by atoms with Gasteiger partial charge in [0, 0.05) is 11.8 Å². The number of aliphatic hydroxyl groups is 1. The van der Waals surface area contributed by atoms with E-state index in [4.69, 9.17) is 10.00 Å². The number of halogens is 1. The molecule has 8 atom stereocenters. The molecular formula is C32H36FN3O4S. The third-order valence-corrected chi connectivity index (χ3v) is 11.4. The maximum absolute atomic E-state index is 13.6. The molecule has 216 valence electrons. The van der Waals surface area contributed by atoms with E-state index in [0.717, 1.165) is 48.0 Å². The van der Waals surface area contributed by atoms with Gasteiger partial charge in [-0.25, -0.2) is 9.07 Å². The first-order valence-electron chi connectivity index (χ1n) is 14.6. The number of hydrogen-bond donors (Lipinski definition) is 1. The average molecular weight is 578 g/mol. The van der Waals surface area contributed by atoms with Crippen LogP contribution in [-0.2, 0) is 20.7 Å². The zero-order valence-electron chi connectivity index (χ0n) is 23.7. The van der Waals surface area contributed by atoms with Crippen LogP contribution in [0.25, 0.3) is 11.8 Å². The number of ether oxygens (including phenoxy) is 1. The molecule has 41 heavy (non-hydrogen) atoms. The minimum absolute atomic E-state index is 0.00830. The van der Waals surface area contributed by atoms with Crippen LogP contribution < -0.4 is 0 Å². The molecule has 6 rings (SSSR count). The van der Waals surface area contributed by atoms with Crippen molar-refractivity contribution in [1.82, 2.24) is 9.78 Å². The number of rotatable bonds is 5. The second-order valence-electron chi connectivity index (χ2n) is 12.7. The predicted molar refractivity (Wildman–Crippen MR) is 153 cm³/mol. The lowest BCUT2D eigenvalue weighted by atomic mass is 9.46. The summed E-state index contributed by atoms with van der Waals surface area (Å²) >= 11 is 1.00. The molecule has 4 aliphatic carbocycles. The van der Waals surface area contributed by atoms with E-state index in [1.54, 1.807) is 19.1 Å². The van der Waals surface area contributed by atoms with Crippen molar-refractivity contribution in [3.63, 3.8) is 0 Å². The van der Waals surface area contributed by atoms with Gasteiger partial charge in [-0.2, -0.15) is 10.4 Å². The van der Waals surface area contributed by atoms with Gasteiger partial charge >= 0.3 is 5.97 Å². The highest BCUT2D eigenvalue weighted by molar-refractivity contribution is 8.13. The smallest absolute Gasteiger partial charge is 0.305 e. The fraction of sp³-hybridized carbons (Fsp3) is 0.562. The summed E-state index contributed by atoms with van der Waals surface area (Å²) in [4.78, 5) is 25.8. The summed E-state index contributed by atoms with van der Waals surface area (Å²) in [5, 5.41) is 25.5. The topological polar surface area (TPSA) is 105 Å². The van der Waals surface area contributed by atoms with Gasteiger partial charge in [0.15, 0.2) is 5.12 Å². The molecule has 7 nitrogen and oxygen atoms in total. The average Bonchev–Trinajstić information content (AvgIpc) is 3.47. The van der Waals surface area contributed by atoms with Crippen LogP contribution in [0.5, 0.6) is 0 Å². The van der Waals surface area contributed by atoms with Crippen LogP contribution in [0.2, 0.25) is 0 Å². The lowest BCUT2D eigenvalue weighted by Gasteiger charge is -2.59. The number of nitriles is 1. The van der Waals surface area contributed by atoms with Gasteiger partial charge in [0.1, 0.15) is 11.9 Å². The highest BCUT2D eigenvalue weighted by Crippen LogP contribution is 2.67. The molecule has 2 unspecified atom stereocenters. The maximum Gasteiger partial charge on any atom is 0.305 e. The summed E-state index contributed by atoms with van der Waals surface area (Å²) in [5.74, 6) is -0.767. The molecule has 1 N–H and O–H groups in total. The predicted octanol–water partition coefficient (Wildman–Crippen LogP) is 5.50. The van der Waals surface area contributed by atoms with Gasteiger partial charge in [0.25, 0.3) is 0 Å². The molecule has 3 fully saturated rings. The van der Waals surface area contributed by atoms with E-state index in [0.29, 0.717) is 12.8 Å². The van der Waals surface area contributed by atoms with E-state index in [1.807, 2.05) is 16.9 Å². The molecule has 4 aliphatic rings. The molecule has 9 heteroatoms. The number of benzene rings is 1. The summed E-state index contributed by atoms with van der Waals surface area (Å²) in [6, 6.07) is 8.37. The van der Waals surface area contributed by atoms with Crippen molar-refractivity contribution < 1.29 is 23.8 Å². The summed E-state index contributed by atoms with van der Waals surface area (Å²) in [7, 11) is 0. The van der Waals surface area contributed by atoms with Gasteiger partial charge in [-0.15, -0.1) is 0 Å². The normalized spacial score (nSPS) is 35.3. The van der Waals surface area contributed by atoms with Crippen molar-refractivity contribution >= 4 is 28.9 Å². The quantitative estimate of drug-likeness (QED) is 0.468. The Kier molecular flexibility index (Phi) is 7.14. The van der Waals surface area contributed by atoms with E-state index >= 15 is 0 Å². The molecule has 1 heterocycles. The molecule has 2 aromatic rings. The number of aromatic nitrogens is 2. The fourth-order valence-corrected chi connectivity index (χ4v) is 9.49. The van der Waals surface area contributed by atoms with Crippen LogP contribution in [0.3, 0.4) is 0 Å². The number of carbonyl (C=O) groups is 2. The molecule has 0 saturated heterocycles. The molecule has 0 bridgehead atoms. The van der Waals surface area contributed by atoms with Crippen molar-refractivity contribution in [1.29, 1.82) is 5.26 Å². The second-order valence-corrected chi connectivity index (χ2v) is 13.7. The number of aliphatic hydroxyl groups excluding tert-OH is 1. The Morgan fingerprint density at radius 2 is 2.05 bits per heavy atom. The van der Waals surface area contributed by atoms with Crippen molar-refractivity contribution in [2.75, 3.05) is 5.75 Å². The van der Waals surface area contributed by atoms with Crippen LogP contribution in [0.4, 0.5) is 4.39 Å². The number of fused-ring (bicyclic) bond motifs is 6. The first kappa shape index (κ1) is 28.2. The van der Waals surface area contributed by atoms with E-state index in [2.05, 4.69) is 25.0 Å². The SMILES string of the molecule is CCC(=O)O[C@@H]1C(C(=O)SCC#N)C[C@H]2C3CCC4=Cc5c(cnn5-c5ccc(F)cc5)C[C@]4(C)[C@H]3[C@@H](O)C[C@]12C. The molecule has 0 amide bonds. The molecule has 0 spiro atoms. The molecule has 1 aromatic carbocycles. The Labute approximate surface area is 244 Å². The molecule has 0 aliphatic heterocycles. The fourth-order valence-electron chi connectivity index (χ4n) is 8.85. The van der Waals surface area contributed by atoms with Crippen molar-refractivity contribution in [3.8, 4) is 11.8 Å². The van der Waals surface area contributed by atoms with E-state index in [-0.39, 0.29) is 52.2 Å². The van der Waals surface area contributed by atoms with Gasteiger partial charge in [0.05, 0.1) is 41.4 Å². The first-order chi connectivity index (χ1) is 19.6. The number of carbonyl (C=O) groups excluding carboxylic acids is 2. The Balaban J connectivity index is 1.34. The highest BCUT2D eigenvalue weighted by Gasteiger charge is 2.66. The number of nitrogens with zero attached hydrogens (tertiary/aromatic N) is 3. The van der Waals surface area contributed by atoms with Crippen LogP contribution in [-0.4, -0.2) is 43.9 Å². The molecule has 1 aromatic heterocycles. The monoisotopic (exact) mass is 577 g/mol. The van der Waals surface area contributed by atoms with Crippen LogP contribution >= 0.6 is 11.8 Å². The lowest BCUT2D eigenvalue weighted by molar-refractivity contribution is -0.172. The van der Waals surface area contributed by atoms with Gasteiger partial charge in [-0.05, 0) is 91.2 Å². The third kappa shape index (κ3) is 4.45. The number of allylic oxidation sites excluding steroid dienone is 1. The van der Waals surface area contributed by atoms with E-state index in [9.17, 15) is 19.1 Å². The number of thioether (sulfide) groups is 1. The Hall–Kier alpha value is -2.96. The highest BCUT2D eigenvalue weighted by atomic mass is 32.2. The van der Waals surface area contributed by atoms with Gasteiger partial charge < -0.3 is 9.84 Å². The third-order valence-electron chi connectivity index (χ3n) is 10.6. The summed E-state index contributed by atoms with van der Waals surface area (Å²) in [6.45, 7) is 6.09. The molecule has 0 radical (unpaired) electrons. The lowest BCUT2D eigenvalue weighted by Crippen LogP contribution is -2.58. The largest absolute Gasteiger partial charge is 0.461 e. The van der Waals surface area contributed by atoms with Crippen molar-refractivity contribution in [3.05, 3.63) is 53.1 Å². The van der Waals surface area contributed by atoms with Gasteiger partial charge in [-0.1, -0.05) is 38.1 Å². The zero-order chi connectivity index (χ0) is 29.1. The van der Waals surface area contributed by atoms with E-state index in [1.165, 1.54) is 17.7 Å². The van der Waals surface area contributed by atoms with E-state index < -0.39 is 23.5 Å². The summed E-state index contributed by atoms with van der Waals surface area (Å²) in [6.07, 6.45) is 6.65. The Morgan fingerprint density at radius 3 is 2.76 bits per heavy atom. The molecular weight excluding hydrogens is 541 g/mol. The Bertz CT molecular complexity index is 1450. The van der Waals surface area contributed by atoms with Crippen molar-refractivity contribution in [2.45, 2.75) is 71.5 Å². The minimum Gasteiger partial charge on any atom is -0.461 e. The molecule has 3 saturated carbocycles. The van der Waals surface area contributed by atoms with Crippen LogP contribution in [0, 0.1) is 51.6 Å². The Morgan fingerprint density at radius 1 is 1.29 bits per heavy atom. The summed E-state index contributed by atoms with van der Waals surface area (Å²) < 4.78 is 21.4.